The van der Waals surface area contributed by atoms with Gasteiger partial charge in [-0.1, -0.05) is 6.07 Å². The highest BCUT2D eigenvalue weighted by Gasteiger charge is 2.29. The van der Waals surface area contributed by atoms with Gasteiger partial charge in [0, 0.05) is 37.3 Å². The molecule has 162 valence electrons. The van der Waals surface area contributed by atoms with E-state index in [1.54, 1.807) is 41.5 Å². The van der Waals surface area contributed by atoms with Gasteiger partial charge in [-0.2, -0.15) is 10.4 Å². The van der Waals surface area contributed by atoms with E-state index < -0.39 is 0 Å². The highest BCUT2D eigenvalue weighted by Crippen LogP contribution is 2.26. The van der Waals surface area contributed by atoms with Gasteiger partial charge in [0.25, 0.3) is 11.5 Å². The van der Waals surface area contributed by atoms with Crippen LogP contribution in [0.15, 0.2) is 46.8 Å². The van der Waals surface area contributed by atoms with Gasteiger partial charge >= 0.3 is 0 Å². The summed E-state index contributed by atoms with van der Waals surface area (Å²) in [5.74, 6) is 0.121. The fourth-order valence-electron chi connectivity index (χ4n) is 3.99. The number of nitrogens with one attached hydrogen (secondary N) is 1. The van der Waals surface area contributed by atoms with Gasteiger partial charge < -0.3 is 4.90 Å². The Morgan fingerprint density at radius 3 is 2.78 bits per heavy atom. The van der Waals surface area contributed by atoms with Gasteiger partial charge in [-0.3, -0.25) is 19.5 Å². The molecule has 1 unspecified atom stereocenters. The van der Waals surface area contributed by atoms with Gasteiger partial charge in [0.1, 0.15) is 11.6 Å². The predicted octanol–water partition coefficient (Wildman–Crippen LogP) is 1.60. The number of hydrogen-bond acceptors (Lipinski definition) is 7. The SMILES string of the molecule is Cc1c(C(=O)N2CCN(C(C#N)c3cccs3)CC2)cnn1-c1nn2cccc2c(=O)[nH]1. The fraction of sp³-hybridized carbons (Fsp3) is 0.286. The number of thiophene rings is 1. The number of aromatic nitrogens is 5. The molecule has 1 atom stereocenters. The molecule has 4 aromatic rings. The van der Waals surface area contributed by atoms with Gasteiger partial charge in [0.2, 0.25) is 5.95 Å². The van der Waals surface area contributed by atoms with E-state index in [4.69, 9.17) is 0 Å². The largest absolute Gasteiger partial charge is 0.336 e. The quantitative estimate of drug-likeness (QED) is 0.507. The molecular formula is C21H20N8O2S. The van der Waals surface area contributed by atoms with Crippen molar-refractivity contribution >= 4 is 22.8 Å². The van der Waals surface area contributed by atoms with Crippen molar-refractivity contribution in [3.05, 3.63) is 68.5 Å². The number of H-pyrrole nitrogens is 1. The molecular weight excluding hydrogens is 428 g/mol. The molecule has 1 amide bonds. The summed E-state index contributed by atoms with van der Waals surface area (Å²) < 4.78 is 2.95. The average molecular weight is 449 g/mol. The normalized spacial score (nSPS) is 15.7. The lowest BCUT2D eigenvalue weighted by Crippen LogP contribution is -2.49. The van der Waals surface area contributed by atoms with Crippen molar-refractivity contribution in [3.63, 3.8) is 0 Å². The maximum atomic E-state index is 13.2. The Hall–Kier alpha value is -3.75. The second kappa shape index (κ2) is 8.07. The number of hydrogen-bond donors (Lipinski definition) is 1. The Balaban J connectivity index is 1.33. The predicted molar refractivity (Wildman–Crippen MR) is 118 cm³/mol. The van der Waals surface area contributed by atoms with Crippen LogP contribution in [0.4, 0.5) is 0 Å². The Kier molecular flexibility index (Phi) is 5.08. The van der Waals surface area contributed by atoms with E-state index in [9.17, 15) is 14.9 Å². The Bertz CT molecular complexity index is 1370. The maximum Gasteiger partial charge on any atom is 0.276 e. The van der Waals surface area contributed by atoms with Crippen LogP contribution in [0.2, 0.25) is 0 Å². The molecule has 10 nitrogen and oxygen atoms in total. The van der Waals surface area contributed by atoms with Gasteiger partial charge in [-0.15, -0.1) is 16.4 Å². The van der Waals surface area contributed by atoms with Crippen LogP contribution in [0.5, 0.6) is 0 Å². The van der Waals surface area contributed by atoms with Crippen LogP contribution < -0.4 is 5.56 Å². The molecule has 1 aliphatic heterocycles. The third kappa shape index (κ3) is 3.39. The van der Waals surface area contributed by atoms with E-state index >= 15 is 0 Å². The van der Waals surface area contributed by atoms with E-state index in [-0.39, 0.29) is 23.5 Å². The molecule has 1 aliphatic rings. The molecule has 0 saturated carbocycles. The van der Waals surface area contributed by atoms with Gasteiger partial charge in [0.15, 0.2) is 0 Å². The van der Waals surface area contributed by atoms with Crippen molar-refractivity contribution in [3.8, 4) is 12.0 Å². The summed E-state index contributed by atoms with van der Waals surface area (Å²) >= 11 is 1.57. The molecule has 11 heteroatoms. The zero-order chi connectivity index (χ0) is 22.2. The summed E-state index contributed by atoms with van der Waals surface area (Å²) in [6.07, 6.45) is 3.19. The maximum absolute atomic E-state index is 13.2. The van der Waals surface area contributed by atoms with Crippen molar-refractivity contribution in [2.45, 2.75) is 13.0 Å². The Morgan fingerprint density at radius 2 is 2.06 bits per heavy atom. The number of carbonyl (C=O) groups excluding carboxylic acids is 1. The van der Waals surface area contributed by atoms with Crippen molar-refractivity contribution in [1.82, 2.24) is 34.2 Å². The minimum atomic E-state index is -0.289. The first kappa shape index (κ1) is 20.2. The summed E-state index contributed by atoms with van der Waals surface area (Å²) in [5, 5.41) is 20.3. The molecule has 5 rings (SSSR count). The van der Waals surface area contributed by atoms with Crippen molar-refractivity contribution in [2.75, 3.05) is 26.2 Å². The van der Waals surface area contributed by atoms with Crippen LogP contribution in [0.3, 0.4) is 0 Å². The van der Waals surface area contributed by atoms with Crippen LogP contribution in [0, 0.1) is 18.3 Å². The standard InChI is InChI=1S/C21H20N8O2S/c1-14-15(13-23-29(14)21-24-19(30)16-4-2-6-28(16)25-21)20(31)27-9-7-26(8-10-27)17(12-22)18-5-3-11-32-18/h2-6,11,13,17H,7-10H2,1H3,(H,24,25,30). The lowest BCUT2D eigenvalue weighted by atomic mass is 10.1. The van der Waals surface area contributed by atoms with Crippen LogP contribution in [0.1, 0.15) is 27.0 Å². The molecule has 0 bridgehead atoms. The zero-order valence-corrected chi connectivity index (χ0v) is 18.1. The molecule has 5 heterocycles. The molecule has 0 aromatic carbocycles. The summed E-state index contributed by atoms with van der Waals surface area (Å²) in [5.41, 5.74) is 1.21. The summed E-state index contributed by atoms with van der Waals surface area (Å²) in [4.78, 5) is 33.1. The molecule has 1 saturated heterocycles. The average Bonchev–Trinajstić information content (AvgIpc) is 3.55. The van der Waals surface area contributed by atoms with Crippen molar-refractivity contribution < 1.29 is 4.79 Å². The number of carbonyl (C=O) groups is 1. The number of piperazine rings is 1. The highest BCUT2D eigenvalue weighted by molar-refractivity contribution is 7.10. The number of amides is 1. The van der Waals surface area contributed by atoms with E-state index in [2.05, 4.69) is 26.2 Å². The number of nitriles is 1. The second-order valence-corrected chi connectivity index (χ2v) is 8.53. The van der Waals surface area contributed by atoms with Gasteiger partial charge in [-0.25, -0.2) is 9.20 Å². The smallest absolute Gasteiger partial charge is 0.276 e. The van der Waals surface area contributed by atoms with E-state index in [1.165, 1.54) is 15.4 Å². The molecule has 1 N–H and O–H groups in total. The second-order valence-electron chi connectivity index (χ2n) is 7.55. The Morgan fingerprint density at radius 1 is 1.25 bits per heavy atom. The molecule has 0 aliphatic carbocycles. The van der Waals surface area contributed by atoms with E-state index in [0.717, 1.165) is 4.88 Å². The summed E-state index contributed by atoms with van der Waals surface area (Å²) in [6, 6.07) is 9.42. The lowest BCUT2D eigenvalue weighted by molar-refractivity contribution is 0.0607. The summed E-state index contributed by atoms with van der Waals surface area (Å²) in [7, 11) is 0. The first-order chi connectivity index (χ1) is 15.6. The highest BCUT2D eigenvalue weighted by atomic mass is 32.1. The zero-order valence-electron chi connectivity index (χ0n) is 17.3. The van der Waals surface area contributed by atoms with Crippen molar-refractivity contribution in [1.29, 1.82) is 5.26 Å². The molecule has 0 radical (unpaired) electrons. The first-order valence-corrected chi connectivity index (χ1v) is 11.0. The number of aromatic amines is 1. The van der Waals surface area contributed by atoms with Crippen LogP contribution in [-0.4, -0.2) is 66.3 Å². The molecule has 32 heavy (non-hydrogen) atoms. The summed E-state index contributed by atoms with van der Waals surface area (Å²) in [6.45, 7) is 4.07. The number of fused-ring (bicyclic) bond motifs is 1. The third-order valence-corrected chi connectivity index (χ3v) is 6.66. The van der Waals surface area contributed by atoms with Crippen LogP contribution in [-0.2, 0) is 0 Å². The van der Waals surface area contributed by atoms with Gasteiger partial charge in [0.05, 0.1) is 23.5 Å². The topological polar surface area (TPSA) is 115 Å². The monoisotopic (exact) mass is 448 g/mol. The lowest BCUT2D eigenvalue weighted by Gasteiger charge is -2.36. The van der Waals surface area contributed by atoms with Crippen LogP contribution >= 0.6 is 11.3 Å². The van der Waals surface area contributed by atoms with Crippen molar-refractivity contribution in [2.24, 2.45) is 0 Å². The number of nitrogens with zero attached hydrogens (tertiary/aromatic N) is 7. The van der Waals surface area contributed by atoms with E-state index in [1.807, 2.05) is 17.5 Å². The minimum absolute atomic E-state index is 0.123. The molecule has 0 spiro atoms. The van der Waals surface area contributed by atoms with Gasteiger partial charge in [-0.05, 0) is 30.5 Å². The minimum Gasteiger partial charge on any atom is -0.336 e. The number of rotatable bonds is 4. The third-order valence-electron chi connectivity index (χ3n) is 5.73. The first-order valence-electron chi connectivity index (χ1n) is 10.2. The molecule has 1 fully saturated rings. The van der Waals surface area contributed by atoms with E-state index in [0.29, 0.717) is 43.0 Å². The molecule has 4 aromatic heterocycles. The fourth-order valence-corrected chi connectivity index (χ4v) is 4.79. The Labute approximate surface area is 186 Å². The van der Waals surface area contributed by atoms with Crippen LogP contribution in [0.25, 0.3) is 11.5 Å².